The second kappa shape index (κ2) is 5.30. The van der Waals surface area contributed by atoms with Crippen molar-refractivity contribution in [3.8, 4) is 0 Å². The van der Waals surface area contributed by atoms with Gasteiger partial charge in [-0.05, 0) is 36.8 Å². The average Bonchev–Trinajstić information content (AvgIpc) is 2.67. The van der Waals surface area contributed by atoms with Gasteiger partial charge in [-0.2, -0.15) is 0 Å². The molecule has 21 heavy (non-hydrogen) atoms. The van der Waals surface area contributed by atoms with Crippen LogP contribution < -0.4 is 5.73 Å². The molecule has 1 aliphatic heterocycles. The number of anilines is 1. The fraction of sp³-hybridized carbons (Fsp3) is 0.500. The van der Waals surface area contributed by atoms with Gasteiger partial charge in [-0.1, -0.05) is 13.8 Å². The maximum atomic E-state index is 12.8. The number of fused-ring (bicyclic) bond motifs is 1. The lowest BCUT2D eigenvalue weighted by atomic mass is 9.85. The van der Waals surface area contributed by atoms with E-state index in [9.17, 15) is 4.79 Å². The summed E-state index contributed by atoms with van der Waals surface area (Å²) in [6.07, 6.45) is 5.00. The van der Waals surface area contributed by atoms with E-state index in [1.165, 1.54) is 17.8 Å². The molecule has 2 aromatic heterocycles. The Kier molecular flexibility index (Phi) is 3.61. The highest BCUT2D eigenvalue weighted by atomic mass is 32.1. The van der Waals surface area contributed by atoms with Gasteiger partial charge < -0.3 is 10.6 Å². The van der Waals surface area contributed by atoms with Crippen molar-refractivity contribution >= 4 is 33.1 Å². The number of pyridine rings is 1. The summed E-state index contributed by atoms with van der Waals surface area (Å²) in [5.41, 5.74) is 7.06. The van der Waals surface area contributed by atoms with E-state index in [1.807, 2.05) is 17.0 Å². The number of thiophene rings is 1. The third kappa shape index (κ3) is 2.75. The van der Waals surface area contributed by atoms with Crippen molar-refractivity contribution in [2.24, 2.45) is 5.41 Å². The standard InChI is InChI=1S/C16H21N3OS/c1-16(2)6-4-9-19(10-7-16)15(20)13-12(17)11-5-3-8-18-14(11)21-13/h3,5,8H,4,6-7,9-10,17H2,1-2H3. The van der Waals surface area contributed by atoms with Crippen LogP contribution in [-0.2, 0) is 0 Å². The minimum atomic E-state index is 0.0631. The Morgan fingerprint density at radius 3 is 2.95 bits per heavy atom. The number of nitrogen functional groups attached to an aromatic ring is 1. The molecule has 0 unspecified atom stereocenters. The first-order valence-electron chi connectivity index (χ1n) is 7.40. The molecule has 0 saturated carbocycles. The van der Waals surface area contributed by atoms with Crippen LogP contribution in [0.15, 0.2) is 18.3 Å². The predicted octanol–water partition coefficient (Wildman–Crippen LogP) is 3.53. The smallest absolute Gasteiger partial charge is 0.266 e. The van der Waals surface area contributed by atoms with Gasteiger partial charge in [0, 0.05) is 24.7 Å². The zero-order valence-electron chi connectivity index (χ0n) is 12.6. The molecule has 0 atom stereocenters. The van der Waals surface area contributed by atoms with Crippen LogP contribution in [0.5, 0.6) is 0 Å². The number of nitrogens with zero attached hydrogens (tertiary/aromatic N) is 2. The SMILES string of the molecule is CC1(C)CCCN(C(=O)c2sc3ncccc3c2N)CC1. The topological polar surface area (TPSA) is 59.2 Å². The van der Waals surface area contributed by atoms with Crippen LogP contribution in [0.25, 0.3) is 10.2 Å². The molecule has 4 nitrogen and oxygen atoms in total. The predicted molar refractivity (Wildman–Crippen MR) is 87.6 cm³/mol. The molecule has 2 aromatic rings. The second-order valence-electron chi connectivity index (χ2n) is 6.51. The molecule has 1 aliphatic rings. The van der Waals surface area contributed by atoms with Crippen LogP contribution in [-0.4, -0.2) is 28.9 Å². The fourth-order valence-electron chi connectivity index (χ4n) is 2.88. The van der Waals surface area contributed by atoms with E-state index in [1.54, 1.807) is 6.20 Å². The van der Waals surface area contributed by atoms with Gasteiger partial charge in [0.1, 0.15) is 9.71 Å². The lowest BCUT2D eigenvalue weighted by Crippen LogP contribution is -2.32. The van der Waals surface area contributed by atoms with E-state index >= 15 is 0 Å². The highest BCUT2D eigenvalue weighted by Crippen LogP contribution is 2.35. The number of hydrogen-bond acceptors (Lipinski definition) is 4. The highest BCUT2D eigenvalue weighted by molar-refractivity contribution is 7.21. The van der Waals surface area contributed by atoms with Crippen LogP contribution in [0.3, 0.4) is 0 Å². The molecule has 0 bridgehead atoms. The maximum absolute atomic E-state index is 12.8. The molecule has 1 fully saturated rings. The summed E-state index contributed by atoms with van der Waals surface area (Å²) < 4.78 is 0. The lowest BCUT2D eigenvalue weighted by Gasteiger charge is -2.23. The van der Waals surface area contributed by atoms with Crippen LogP contribution >= 0.6 is 11.3 Å². The molecule has 2 N–H and O–H groups in total. The normalized spacial score (nSPS) is 18.7. The Morgan fingerprint density at radius 2 is 2.19 bits per heavy atom. The van der Waals surface area contributed by atoms with Gasteiger partial charge in [-0.15, -0.1) is 11.3 Å². The summed E-state index contributed by atoms with van der Waals surface area (Å²) in [6, 6.07) is 3.78. The Bertz CT molecular complexity index is 677. The number of aromatic nitrogens is 1. The summed E-state index contributed by atoms with van der Waals surface area (Å²) in [6.45, 7) is 6.19. The van der Waals surface area contributed by atoms with Gasteiger partial charge in [0.15, 0.2) is 0 Å². The molecule has 0 aromatic carbocycles. The van der Waals surface area contributed by atoms with Gasteiger partial charge in [-0.3, -0.25) is 4.79 Å². The average molecular weight is 303 g/mol. The Morgan fingerprint density at radius 1 is 1.38 bits per heavy atom. The molecule has 1 amide bonds. The molecule has 3 rings (SSSR count). The van der Waals surface area contributed by atoms with Gasteiger partial charge in [-0.25, -0.2) is 4.98 Å². The number of amides is 1. The number of nitrogens with two attached hydrogens (primary N) is 1. The van der Waals surface area contributed by atoms with Crippen LogP contribution in [0, 0.1) is 5.41 Å². The number of rotatable bonds is 1. The zero-order valence-corrected chi connectivity index (χ0v) is 13.4. The molecule has 5 heteroatoms. The van der Waals surface area contributed by atoms with Crippen LogP contribution in [0.2, 0.25) is 0 Å². The second-order valence-corrected chi connectivity index (χ2v) is 7.51. The van der Waals surface area contributed by atoms with Crippen molar-refractivity contribution in [3.63, 3.8) is 0 Å². The number of carbonyl (C=O) groups is 1. The minimum absolute atomic E-state index is 0.0631. The fourth-order valence-corrected chi connectivity index (χ4v) is 3.91. The first-order valence-corrected chi connectivity index (χ1v) is 8.22. The summed E-state index contributed by atoms with van der Waals surface area (Å²) in [7, 11) is 0. The van der Waals surface area contributed by atoms with E-state index < -0.39 is 0 Å². The van der Waals surface area contributed by atoms with Crippen molar-refractivity contribution in [2.45, 2.75) is 33.1 Å². The van der Waals surface area contributed by atoms with Crippen molar-refractivity contribution < 1.29 is 4.79 Å². The largest absolute Gasteiger partial charge is 0.397 e. The quantitative estimate of drug-likeness (QED) is 0.876. The maximum Gasteiger partial charge on any atom is 0.266 e. The van der Waals surface area contributed by atoms with E-state index in [0.717, 1.165) is 36.1 Å². The van der Waals surface area contributed by atoms with Crippen LogP contribution in [0.1, 0.15) is 42.8 Å². The molecule has 112 valence electrons. The van der Waals surface area contributed by atoms with E-state index in [4.69, 9.17) is 5.73 Å². The molecular weight excluding hydrogens is 282 g/mol. The molecular formula is C16H21N3OS. The van der Waals surface area contributed by atoms with Crippen molar-refractivity contribution in [1.29, 1.82) is 0 Å². The zero-order chi connectivity index (χ0) is 15.0. The molecule has 0 aliphatic carbocycles. The van der Waals surface area contributed by atoms with Gasteiger partial charge in [0.2, 0.25) is 0 Å². The number of hydrogen-bond donors (Lipinski definition) is 1. The Hall–Kier alpha value is -1.62. The molecule has 0 spiro atoms. The van der Waals surface area contributed by atoms with E-state index in [-0.39, 0.29) is 5.91 Å². The molecule has 0 radical (unpaired) electrons. The van der Waals surface area contributed by atoms with Crippen LogP contribution in [0.4, 0.5) is 5.69 Å². The minimum Gasteiger partial charge on any atom is -0.397 e. The van der Waals surface area contributed by atoms with Crippen molar-refractivity contribution in [3.05, 3.63) is 23.2 Å². The third-order valence-electron chi connectivity index (χ3n) is 4.33. The van der Waals surface area contributed by atoms with Gasteiger partial charge in [0.05, 0.1) is 5.69 Å². The first kappa shape index (κ1) is 14.3. The van der Waals surface area contributed by atoms with Gasteiger partial charge >= 0.3 is 0 Å². The van der Waals surface area contributed by atoms with E-state index in [2.05, 4.69) is 18.8 Å². The monoisotopic (exact) mass is 303 g/mol. The number of likely N-dealkylation sites (tertiary alicyclic amines) is 1. The summed E-state index contributed by atoms with van der Waals surface area (Å²) in [4.78, 5) is 20.5. The molecule has 3 heterocycles. The summed E-state index contributed by atoms with van der Waals surface area (Å²) in [5.74, 6) is 0.0631. The van der Waals surface area contributed by atoms with E-state index in [0.29, 0.717) is 16.0 Å². The van der Waals surface area contributed by atoms with Crippen molar-refractivity contribution in [2.75, 3.05) is 18.8 Å². The Balaban J connectivity index is 1.88. The summed E-state index contributed by atoms with van der Waals surface area (Å²) in [5, 5.41) is 0.890. The number of carbonyl (C=O) groups excluding carboxylic acids is 1. The highest BCUT2D eigenvalue weighted by Gasteiger charge is 2.28. The third-order valence-corrected chi connectivity index (χ3v) is 5.44. The summed E-state index contributed by atoms with van der Waals surface area (Å²) >= 11 is 1.41. The first-order chi connectivity index (χ1) is 9.98. The Labute approximate surface area is 129 Å². The molecule has 1 saturated heterocycles. The lowest BCUT2D eigenvalue weighted by molar-refractivity contribution is 0.0763. The van der Waals surface area contributed by atoms with Crippen molar-refractivity contribution in [1.82, 2.24) is 9.88 Å². The van der Waals surface area contributed by atoms with Gasteiger partial charge in [0.25, 0.3) is 5.91 Å².